The highest BCUT2D eigenvalue weighted by molar-refractivity contribution is 6.30. The summed E-state index contributed by atoms with van der Waals surface area (Å²) in [5, 5.41) is 0.783. The van der Waals surface area contributed by atoms with Crippen LogP contribution in [0, 0.1) is 6.07 Å². The summed E-state index contributed by atoms with van der Waals surface area (Å²) in [7, 11) is 0. The minimum Gasteiger partial charge on any atom is -0.0843 e. The van der Waals surface area contributed by atoms with Gasteiger partial charge < -0.3 is 0 Å². The quantitative estimate of drug-likeness (QED) is 0.695. The summed E-state index contributed by atoms with van der Waals surface area (Å²) in [4.78, 5) is 0. The second kappa shape index (κ2) is 4.30. The van der Waals surface area contributed by atoms with Crippen molar-refractivity contribution in [3.05, 3.63) is 70.7 Å². The van der Waals surface area contributed by atoms with Crippen LogP contribution in [0.15, 0.2) is 48.5 Å². The Kier molecular flexibility index (Phi) is 2.85. The molecule has 0 unspecified atom stereocenters. The van der Waals surface area contributed by atoms with Crippen molar-refractivity contribution in [2.75, 3.05) is 0 Å². The third-order valence-electron chi connectivity index (χ3n) is 2.08. The summed E-state index contributed by atoms with van der Waals surface area (Å²) in [5.74, 6) is 0. The summed E-state index contributed by atoms with van der Waals surface area (Å²) in [6, 6.07) is 19.1. The zero-order chi connectivity index (χ0) is 9.80. The molecule has 0 atom stereocenters. The standard InChI is InChI=1S/C13H10Cl/c14-13-8-6-12(7-9-13)10-11-4-2-1-3-5-11/h1-4,6-9H,10H2. The van der Waals surface area contributed by atoms with E-state index in [4.69, 9.17) is 11.6 Å². The normalized spacial score (nSPS) is 10.1. The van der Waals surface area contributed by atoms with Crippen LogP contribution in [0.3, 0.4) is 0 Å². The molecule has 14 heavy (non-hydrogen) atoms. The Bertz CT molecular complexity index is 389. The topological polar surface area (TPSA) is 0 Å². The molecule has 0 amide bonds. The van der Waals surface area contributed by atoms with Crippen molar-refractivity contribution in [1.29, 1.82) is 0 Å². The van der Waals surface area contributed by atoms with Gasteiger partial charge in [-0.05, 0) is 35.7 Å². The van der Waals surface area contributed by atoms with Crippen molar-refractivity contribution in [3.8, 4) is 0 Å². The molecular weight excluding hydrogens is 192 g/mol. The molecule has 0 fully saturated rings. The molecular formula is C13H10Cl. The molecule has 0 saturated heterocycles. The van der Waals surface area contributed by atoms with Gasteiger partial charge in [0.25, 0.3) is 0 Å². The summed E-state index contributed by atoms with van der Waals surface area (Å²) in [6.07, 6.45) is 0.915. The lowest BCUT2D eigenvalue weighted by molar-refractivity contribution is 1.19. The van der Waals surface area contributed by atoms with Gasteiger partial charge in [-0.15, -0.1) is 0 Å². The summed E-state index contributed by atoms with van der Waals surface area (Å²) >= 11 is 5.81. The average molecular weight is 202 g/mol. The van der Waals surface area contributed by atoms with Crippen LogP contribution < -0.4 is 0 Å². The molecule has 0 aliphatic carbocycles. The highest BCUT2D eigenvalue weighted by atomic mass is 35.5. The van der Waals surface area contributed by atoms with E-state index in [1.165, 1.54) is 11.1 Å². The Morgan fingerprint density at radius 1 is 1.00 bits per heavy atom. The van der Waals surface area contributed by atoms with Crippen molar-refractivity contribution in [2.24, 2.45) is 0 Å². The highest BCUT2D eigenvalue weighted by Gasteiger charge is 1.95. The molecule has 2 aromatic carbocycles. The van der Waals surface area contributed by atoms with Crippen molar-refractivity contribution in [2.45, 2.75) is 6.42 Å². The lowest BCUT2D eigenvalue weighted by Crippen LogP contribution is -1.86. The first-order chi connectivity index (χ1) is 6.84. The SMILES string of the molecule is Clc1ccc(Cc2[c]cccc2)cc1. The van der Waals surface area contributed by atoms with Crippen LogP contribution in [0.4, 0.5) is 0 Å². The number of rotatable bonds is 2. The minimum absolute atomic E-state index is 0.783. The first-order valence-corrected chi connectivity index (χ1v) is 4.92. The number of hydrogen-bond donors (Lipinski definition) is 0. The molecule has 0 aliphatic heterocycles. The maximum absolute atomic E-state index is 5.81. The van der Waals surface area contributed by atoms with E-state index in [9.17, 15) is 0 Å². The van der Waals surface area contributed by atoms with E-state index < -0.39 is 0 Å². The monoisotopic (exact) mass is 201 g/mol. The van der Waals surface area contributed by atoms with E-state index in [-0.39, 0.29) is 0 Å². The summed E-state index contributed by atoms with van der Waals surface area (Å²) < 4.78 is 0. The molecule has 1 radical (unpaired) electrons. The molecule has 0 heterocycles. The van der Waals surface area contributed by atoms with Gasteiger partial charge in [0.15, 0.2) is 0 Å². The third kappa shape index (κ3) is 2.36. The smallest absolute Gasteiger partial charge is 0.0406 e. The molecule has 0 aromatic heterocycles. The fourth-order valence-corrected chi connectivity index (χ4v) is 1.49. The van der Waals surface area contributed by atoms with Crippen molar-refractivity contribution >= 4 is 11.6 Å². The van der Waals surface area contributed by atoms with Gasteiger partial charge in [-0.25, -0.2) is 0 Å². The lowest BCUT2D eigenvalue weighted by atomic mass is 10.1. The minimum atomic E-state index is 0.783. The first-order valence-electron chi connectivity index (χ1n) is 4.54. The van der Waals surface area contributed by atoms with E-state index in [0.29, 0.717) is 0 Å². The van der Waals surface area contributed by atoms with Gasteiger partial charge in [-0.3, -0.25) is 0 Å². The zero-order valence-corrected chi connectivity index (χ0v) is 8.46. The van der Waals surface area contributed by atoms with Gasteiger partial charge >= 0.3 is 0 Å². The summed E-state index contributed by atoms with van der Waals surface area (Å²) in [5.41, 5.74) is 2.46. The maximum atomic E-state index is 5.81. The Balaban J connectivity index is 2.16. The Labute approximate surface area is 89.2 Å². The van der Waals surface area contributed by atoms with Crippen LogP contribution in [0.25, 0.3) is 0 Å². The molecule has 0 nitrogen and oxygen atoms in total. The van der Waals surface area contributed by atoms with E-state index >= 15 is 0 Å². The molecule has 2 aromatic rings. The zero-order valence-electron chi connectivity index (χ0n) is 7.70. The van der Waals surface area contributed by atoms with Gasteiger partial charge in [0.2, 0.25) is 0 Å². The molecule has 0 bridgehead atoms. The van der Waals surface area contributed by atoms with Gasteiger partial charge in [0, 0.05) is 5.02 Å². The predicted octanol–water partition coefficient (Wildman–Crippen LogP) is 3.73. The second-order valence-corrected chi connectivity index (χ2v) is 3.63. The highest BCUT2D eigenvalue weighted by Crippen LogP contribution is 2.12. The van der Waals surface area contributed by atoms with Gasteiger partial charge in [-0.1, -0.05) is 48.0 Å². The van der Waals surface area contributed by atoms with Crippen molar-refractivity contribution in [3.63, 3.8) is 0 Å². The van der Waals surface area contributed by atoms with Crippen LogP contribution in [0.1, 0.15) is 11.1 Å². The Morgan fingerprint density at radius 3 is 2.43 bits per heavy atom. The van der Waals surface area contributed by atoms with Crippen LogP contribution in [-0.4, -0.2) is 0 Å². The number of benzene rings is 2. The molecule has 0 saturated carbocycles. The van der Waals surface area contributed by atoms with Crippen molar-refractivity contribution in [1.82, 2.24) is 0 Å². The van der Waals surface area contributed by atoms with Crippen LogP contribution in [0.2, 0.25) is 5.02 Å². The largest absolute Gasteiger partial charge is 0.0843 e. The second-order valence-electron chi connectivity index (χ2n) is 3.19. The fourth-order valence-electron chi connectivity index (χ4n) is 1.36. The Morgan fingerprint density at radius 2 is 1.79 bits per heavy atom. The van der Waals surface area contributed by atoms with E-state index in [0.717, 1.165) is 11.4 Å². The fraction of sp³-hybridized carbons (Fsp3) is 0.0769. The Hall–Kier alpha value is -1.27. The van der Waals surface area contributed by atoms with Gasteiger partial charge in [0.1, 0.15) is 0 Å². The van der Waals surface area contributed by atoms with E-state index in [2.05, 4.69) is 12.1 Å². The predicted molar refractivity (Wildman–Crippen MR) is 59.5 cm³/mol. The van der Waals surface area contributed by atoms with Gasteiger partial charge in [-0.2, -0.15) is 0 Å². The molecule has 0 N–H and O–H groups in total. The number of halogens is 1. The average Bonchev–Trinajstić information content (AvgIpc) is 2.23. The summed E-state index contributed by atoms with van der Waals surface area (Å²) in [6.45, 7) is 0. The lowest BCUT2D eigenvalue weighted by Gasteiger charge is -2.00. The van der Waals surface area contributed by atoms with Crippen molar-refractivity contribution < 1.29 is 0 Å². The van der Waals surface area contributed by atoms with E-state index in [1.807, 2.05) is 42.5 Å². The molecule has 0 spiro atoms. The molecule has 2 rings (SSSR count). The number of hydrogen-bond acceptors (Lipinski definition) is 0. The van der Waals surface area contributed by atoms with Crippen LogP contribution in [-0.2, 0) is 6.42 Å². The van der Waals surface area contributed by atoms with E-state index in [1.54, 1.807) is 0 Å². The molecule has 0 aliphatic rings. The van der Waals surface area contributed by atoms with Crippen LogP contribution in [0.5, 0.6) is 0 Å². The van der Waals surface area contributed by atoms with Crippen LogP contribution >= 0.6 is 11.6 Å². The maximum Gasteiger partial charge on any atom is 0.0406 e. The molecule has 1 heteroatoms. The first kappa shape index (κ1) is 9.29. The van der Waals surface area contributed by atoms with Gasteiger partial charge in [0.05, 0.1) is 0 Å². The molecule has 69 valence electrons. The third-order valence-corrected chi connectivity index (χ3v) is 2.33.